The molecule has 0 amide bonds. The second kappa shape index (κ2) is 7.77. The highest BCUT2D eigenvalue weighted by molar-refractivity contribution is 5.48. The van der Waals surface area contributed by atoms with E-state index >= 15 is 0 Å². The van der Waals surface area contributed by atoms with Gasteiger partial charge in [-0.1, -0.05) is 60.7 Å². The molecule has 0 saturated carbocycles. The van der Waals surface area contributed by atoms with Crippen molar-refractivity contribution in [1.82, 2.24) is 0 Å². The van der Waals surface area contributed by atoms with E-state index in [2.05, 4.69) is 11.6 Å². The summed E-state index contributed by atoms with van der Waals surface area (Å²) in [5.74, 6) is 0. The Labute approximate surface area is 107 Å². The SMILES string of the molecule is C=Cc1ccccc1.Cc1ccc(N=C=O)cc1. The second-order valence-corrected chi connectivity index (χ2v) is 3.65. The monoisotopic (exact) mass is 237 g/mol. The van der Waals surface area contributed by atoms with E-state index in [-0.39, 0.29) is 0 Å². The van der Waals surface area contributed by atoms with Crippen LogP contribution in [0.2, 0.25) is 0 Å². The Kier molecular flexibility index (Phi) is 5.88. The molecule has 0 aliphatic heterocycles. The number of aliphatic imine (C=N–C) groups is 1. The molecule has 2 aromatic carbocycles. The zero-order chi connectivity index (χ0) is 13.2. The molecule has 0 unspecified atom stereocenters. The summed E-state index contributed by atoms with van der Waals surface area (Å²) >= 11 is 0. The Bertz CT molecular complexity index is 523. The van der Waals surface area contributed by atoms with Crippen LogP contribution in [0.1, 0.15) is 11.1 Å². The second-order valence-electron chi connectivity index (χ2n) is 3.65. The van der Waals surface area contributed by atoms with E-state index in [9.17, 15) is 4.79 Å². The Balaban J connectivity index is 0.000000184. The van der Waals surface area contributed by atoms with E-state index in [1.807, 2.05) is 55.5 Å². The first-order valence-corrected chi connectivity index (χ1v) is 5.58. The number of hydrogen-bond donors (Lipinski definition) is 0. The lowest BCUT2D eigenvalue weighted by Gasteiger charge is -1.89. The fourth-order valence-corrected chi connectivity index (χ4v) is 1.26. The number of aryl methyl sites for hydroxylation is 1. The lowest BCUT2D eigenvalue weighted by Crippen LogP contribution is -1.67. The Morgan fingerprint density at radius 3 is 2.11 bits per heavy atom. The van der Waals surface area contributed by atoms with E-state index in [4.69, 9.17) is 0 Å². The Morgan fingerprint density at radius 2 is 1.67 bits per heavy atom. The summed E-state index contributed by atoms with van der Waals surface area (Å²) in [6.45, 7) is 5.61. The molecule has 0 aliphatic rings. The normalized spacial score (nSPS) is 8.50. The Morgan fingerprint density at radius 1 is 1.06 bits per heavy atom. The molecule has 2 aromatic rings. The minimum Gasteiger partial charge on any atom is -0.211 e. The lowest BCUT2D eigenvalue weighted by atomic mass is 10.2. The first kappa shape index (κ1) is 13.6. The van der Waals surface area contributed by atoms with Crippen LogP contribution in [0.5, 0.6) is 0 Å². The van der Waals surface area contributed by atoms with Crippen LogP contribution in [0.4, 0.5) is 5.69 Å². The van der Waals surface area contributed by atoms with Crippen molar-refractivity contribution < 1.29 is 4.79 Å². The molecule has 2 heteroatoms. The van der Waals surface area contributed by atoms with Crippen molar-refractivity contribution >= 4 is 17.8 Å². The van der Waals surface area contributed by atoms with Crippen LogP contribution in [0, 0.1) is 6.92 Å². The van der Waals surface area contributed by atoms with E-state index in [1.54, 1.807) is 12.1 Å². The molecule has 0 saturated heterocycles. The van der Waals surface area contributed by atoms with Gasteiger partial charge in [-0.2, -0.15) is 4.99 Å². The van der Waals surface area contributed by atoms with E-state index in [0.717, 1.165) is 5.56 Å². The predicted octanol–water partition coefficient (Wildman–Crippen LogP) is 4.29. The highest BCUT2D eigenvalue weighted by Gasteiger charge is 1.85. The topological polar surface area (TPSA) is 29.4 Å². The van der Waals surface area contributed by atoms with Gasteiger partial charge in [0.25, 0.3) is 0 Å². The lowest BCUT2D eigenvalue weighted by molar-refractivity contribution is 0.565. The smallest absolute Gasteiger partial charge is 0.211 e. The molecular weight excluding hydrogens is 222 g/mol. The fourth-order valence-electron chi connectivity index (χ4n) is 1.26. The highest BCUT2D eigenvalue weighted by Crippen LogP contribution is 2.10. The van der Waals surface area contributed by atoms with E-state index in [1.165, 1.54) is 11.6 Å². The first-order valence-electron chi connectivity index (χ1n) is 5.58. The highest BCUT2D eigenvalue weighted by atomic mass is 16.1. The summed E-state index contributed by atoms with van der Waals surface area (Å²) in [5.41, 5.74) is 2.98. The molecule has 2 rings (SSSR count). The number of carbonyl (C=O) groups excluding carboxylic acids is 1. The van der Waals surface area contributed by atoms with E-state index < -0.39 is 0 Å². The third-order valence-electron chi connectivity index (χ3n) is 2.24. The number of benzene rings is 2. The first-order chi connectivity index (χ1) is 8.76. The maximum Gasteiger partial charge on any atom is 0.240 e. The van der Waals surface area contributed by atoms with Gasteiger partial charge >= 0.3 is 0 Å². The molecule has 0 fully saturated rings. The molecule has 0 bridgehead atoms. The third-order valence-corrected chi connectivity index (χ3v) is 2.24. The fraction of sp³-hybridized carbons (Fsp3) is 0.0625. The molecule has 0 spiro atoms. The quantitative estimate of drug-likeness (QED) is 0.566. The summed E-state index contributed by atoms with van der Waals surface area (Å²) in [7, 11) is 0. The van der Waals surface area contributed by atoms with Gasteiger partial charge in [0.2, 0.25) is 6.08 Å². The summed E-state index contributed by atoms with van der Waals surface area (Å²) in [6, 6.07) is 17.4. The molecule has 0 N–H and O–H groups in total. The van der Waals surface area contributed by atoms with Crippen LogP contribution in [0.3, 0.4) is 0 Å². The molecule has 0 radical (unpaired) electrons. The molecule has 2 nitrogen and oxygen atoms in total. The maximum absolute atomic E-state index is 9.77. The van der Waals surface area contributed by atoms with Crippen molar-refractivity contribution in [3.63, 3.8) is 0 Å². The molecule has 90 valence electrons. The number of nitrogens with zero attached hydrogens (tertiary/aromatic N) is 1. The third kappa shape index (κ3) is 5.06. The largest absolute Gasteiger partial charge is 0.240 e. The van der Waals surface area contributed by atoms with Crippen molar-refractivity contribution in [2.45, 2.75) is 6.92 Å². The van der Waals surface area contributed by atoms with Crippen LogP contribution >= 0.6 is 0 Å². The van der Waals surface area contributed by atoms with Crippen LogP contribution in [-0.4, -0.2) is 6.08 Å². The minimum atomic E-state index is 0.653. The average Bonchev–Trinajstić information content (AvgIpc) is 2.43. The number of rotatable bonds is 2. The van der Waals surface area contributed by atoms with Crippen molar-refractivity contribution in [2.24, 2.45) is 4.99 Å². The molecule has 0 aromatic heterocycles. The molecule has 18 heavy (non-hydrogen) atoms. The summed E-state index contributed by atoms with van der Waals surface area (Å²) in [4.78, 5) is 13.2. The average molecular weight is 237 g/mol. The standard InChI is InChI=1S/C8H7NO.C8H8/c1-7-2-4-8(5-3-7)9-6-10;1-2-8-6-4-3-5-7-8/h2-5H,1H3;2-7H,1H2. The van der Waals surface area contributed by atoms with Gasteiger partial charge in [0.1, 0.15) is 0 Å². The van der Waals surface area contributed by atoms with Crippen LogP contribution in [0.25, 0.3) is 6.08 Å². The predicted molar refractivity (Wildman–Crippen MR) is 75.5 cm³/mol. The molecule has 0 heterocycles. The van der Waals surface area contributed by atoms with Crippen molar-refractivity contribution in [3.8, 4) is 0 Å². The minimum absolute atomic E-state index is 0.653. The molecular formula is C16H15NO. The van der Waals surface area contributed by atoms with Gasteiger partial charge in [0.05, 0.1) is 5.69 Å². The van der Waals surface area contributed by atoms with Crippen molar-refractivity contribution in [1.29, 1.82) is 0 Å². The Hall–Kier alpha value is -2.44. The van der Waals surface area contributed by atoms with Crippen LogP contribution in [0.15, 0.2) is 66.2 Å². The maximum atomic E-state index is 9.77. The molecule has 0 aliphatic carbocycles. The molecule has 0 atom stereocenters. The van der Waals surface area contributed by atoms with Gasteiger partial charge in [0.15, 0.2) is 0 Å². The van der Waals surface area contributed by atoms with Gasteiger partial charge in [-0.15, -0.1) is 0 Å². The van der Waals surface area contributed by atoms with Crippen LogP contribution in [-0.2, 0) is 4.79 Å². The van der Waals surface area contributed by atoms with Crippen molar-refractivity contribution in [2.75, 3.05) is 0 Å². The van der Waals surface area contributed by atoms with Crippen LogP contribution < -0.4 is 0 Å². The van der Waals surface area contributed by atoms with Gasteiger partial charge < -0.3 is 0 Å². The van der Waals surface area contributed by atoms with Gasteiger partial charge in [-0.3, -0.25) is 0 Å². The van der Waals surface area contributed by atoms with E-state index in [0.29, 0.717) is 5.69 Å². The van der Waals surface area contributed by atoms with Crippen molar-refractivity contribution in [3.05, 3.63) is 72.3 Å². The summed E-state index contributed by atoms with van der Waals surface area (Å²) in [6.07, 6.45) is 3.31. The van der Waals surface area contributed by atoms with Gasteiger partial charge in [-0.05, 0) is 24.6 Å². The number of hydrogen-bond acceptors (Lipinski definition) is 2. The zero-order valence-corrected chi connectivity index (χ0v) is 10.3. The van der Waals surface area contributed by atoms with Gasteiger partial charge in [-0.25, -0.2) is 4.79 Å². The van der Waals surface area contributed by atoms with Gasteiger partial charge in [0, 0.05) is 0 Å². The summed E-state index contributed by atoms with van der Waals surface area (Å²) < 4.78 is 0. The summed E-state index contributed by atoms with van der Waals surface area (Å²) in [5, 5.41) is 0. The zero-order valence-electron chi connectivity index (χ0n) is 10.3. The number of isocyanates is 1.